The molecule has 1 N–H and O–H groups in total. The number of carbonyl (C=O) groups excluding carboxylic acids is 1. The molecule has 0 spiro atoms. The highest BCUT2D eigenvalue weighted by Gasteiger charge is 2.16. The minimum Gasteiger partial charge on any atom is -0.337 e. The molecule has 0 aromatic heterocycles. The molecule has 0 fully saturated rings. The first-order valence-electron chi connectivity index (χ1n) is 8.67. The van der Waals surface area contributed by atoms with E-state index >= 15 is 0 Å². The fourth-order valence-corrected chi connectivity index (χ4v) is 3.91. The van der Waals surface area contributed by atoms with Gasteiger partial charge in [-0.05, 0) is 40.6 Å². The lowest BCUT2D eigenvalue weighted by Gasteiger charge is -2.19. The molecule has 28 heavy (non-hydrogen) atoms. The van der Waals surface area contributed by atoms with Gasteiger partial charge in [0.2, 0.25) is 10.0 Å². The van der Waals surface area contributed by atoms with Gasteiger partial charge in [-0.1, -0.05) is 48.4 Å². The first-order chi connectivity index (χ1) is 13.4. The number of sulfonamides is 1. The Morgan fingerprint density at radius 1 is 1.04 bits per heavy atom. The zero-order chi connectivity index (χ0) is 20.1. The maximum atomic E-state index is 12.8. The monoisotopic (exact) mass is 392 g/mol. The molecular formula is C22H20N2O3S. The van der Waals surface area contributed by atoms with E-state index in [9.17, 15) is 13.2 Å². The minimum absolute atomic E-state index is 0.0657. The van der Waals surface area contributed by atoms with Crippen LogP contribution in [-0.2, 0) is 16.6 Å². The number of benzene rings is 3. The number of fused-ring (bicyclic) bond motifs is 1. The van der Waals surface area contributed by atoms with Gasteiger partial charge >= 0.3 is 0 Å². The zero-order valence-corrected chi connectivity index (χ0v) is 16.2. The summed E-state index contributed by atoms with van der Waals surface area (Å²) >= 11 is 0. The minimum atomic E-state index is -3.68. The van der Waals surface area contributed by atoms with E-state index in [4.69, 9.17) is 6.42 Å². The summed E-state index contributed by atoms with van der Waals surface area (Å²) in [6.45, 7) is 0.362. The van der Waals surface area contributed by atoms with Crippen molar-refractivity contribution in [3.05, 3.63) is 77.9 Å². The van der Waals surface area contributed by atoms with Crippen LogP contribution in [0.25, 0.3) is 10.8 Å². The maximum absolute atomic E-state index is 12.8. The normalized spacial score (nSPS) is 11.1. The molecule has 0 unspecified atom stereocenters. The van der Waals surface area contributed by atoms with Crippen LogP contribution in [-0.4, -0.2) is 32.8 Å². The number of hydrogen-bond donors (Lipinski definition) is 1. The highest BCUT2D eigenvalue weighted by Crippen LogP contribution is 2.20. The van der Waals surface area contributed by atoms with E-state index in [0.29, 0.717) is 12.1 Å². The smallest absolute Gasteiger partial charge is 0.253 e. The zero-order valence-electron chi connectivity index (χ0n) is 15.4. The van der Waals surface area contributed by atoms with Crippen molar-refractivity contribution >= 4 is 26.7 Å². The van der Waals surface area contributed by atoms with Crippen molar-refractivity contribution in [3.8, 4) is 12.3 Å². The van der Waals surface area contributed by atoms with Crippen molar-refractivity contribution in [3.63, 3.8) is 0 Å². The molecule has 0 radical (unpaired) electrons. The predicted octanol–water partition coefficient (Wildman–Crippen LogP) is 3.02. The molecule has 0 heterocycles. The van der Waals surface area contributed by atoms with Crippen LogP contribution < -0.4 is 4.72 Å². The van der Waals surface area contributed by atoms with Gasteiger partial charge in [0.05, 0.1) is 11.4 Å². The topological polar surface area (TPSA) is 66.5 Å². The Labute approximate surface area is 165 Å². The third-order valence-corrected chi connectivity index (χ3v) is 5.83. The summed E-state index contributed by atoms with van der Waals surface area (Å²) in [7, 11) is -1.95. The Balaban J connectivity index is 1.77. The van der Waals surface area contributed by atoms with Crippen molar-refractivity contribution in [2.45, 2.75) is 11.4 Å². The lowest BCUT2D eigenvalue weighted by Crippen LogP contribution is -2.27. The van der Waals surface area contributed by atoms with Gasteiger partial charge in [0.1, 0.15) is 0 Å². The highest BCUT2D eigenvalue weighted by molar-refractivity contribution is 7.89. The lowest BCUT2D eigenvalue weighted by atomic mass is 10.0. The Morgan fingerprint density at radius 3 is 2.43 bits per heavy atom. The van der Waals surface area contributed by atoms with Gasteiger partial charge in [-0.3, -0.25) is 4.79 Å². The van der Waals surface area contributed by atoms with Crippen LogP contribution in [0.3, 0.4) is 0 Å². The molecule has 3 aromatic carbocycles. The van der Waals surface area contributed by atoms with E-state index in [1.165, 1.54) is 24.3 Å². The summed E-state index contributed by atoms with van der Waals surface area (Å²) in [5, 5.41) is 2.22. The number of nitrogens with one attached hydrogen (secondary N) is 1. The van der Waals surface area contributed by atoms with Gasteiger partial charge in [-0.25, -0.2) is 8.42 Å². The van der Waals surface area contributed by atoms with Crippen LogP contribution in [0.2, 0.25) is 0 Å². The fraction of sp³-hybridized carbons (Fsp3) is 0.136. The summed E-state index contributed by atoms with van der Waals surface area (Å²) in [6, 6.07) is 19.8. The maximum Gasteiger partial charge on any atom is 0.253 e. The van der Waals surface area contributed by atoms with Gasteiger partial charge in [-0.2, -0.15) is 4.72 Å². The molecule has 142 valence electrons. The number of hydrogen-bond acceptors (Lipinski definition) is 3. The number of carbonyl (C=O) groups is 1. The van der Waals surface area contributed by atoms with E-state index in [0.717, 1.165) is 16.3 Å². The molecule has 3 aromatic rings. The quantitative estimate of drug-likeness (QED) is 0.656. The second kappa shape index (κ2) is 8.26. The van der Waals surface area contributed by atoms with Crippen molar-refractivity contribution < 1.29 is 13.2 Å². The van der Waals surface area contributed by atoms with Crippen LogP contribution in [0, 0.1) is 12.3 Å². The van der Waals surface area contributed by atoms with Crippen molar-refractivity contribution in [1.82, 2.24) is 9.62 Å². The van der Waals surface area contributed by atoms with E-state index in [1.807, 2.05) is 42.5 Å². The number of terminal acetylenes is 1. The Morgan fingerprint density at radius 2 is 1.71 bits per heavy atom. The molecule has 6 heteroatoms. The Bertz CT molecular complexity index is 1140. The number of rotatable bonds is 6. The molecule has 0 atom stereocenters. The second-order valence-electron chi connectivity index (χ2n) is 6.35. The Kier molecular flexibility index (Phi) is 5.78. The Hall–Kier alpha value is -3.14. The summed E-state index contributed by atoms with van der Waals surface area (Å²) in [4.78, 5) is 14.4. The average molecular weight is 392 g/mol. The summed E-state index contributed by atoms with van der Waals surface area (Å²) < 4.78 is 26.4. The van der Waals surface area contributed by atoms with Crippen LogP contribution >= 0.6 is 0 Å². The highest BCUT2D eigenvalue weighted by atomic mass is 32.2. The molecule has 3 rings (SSSR count). The first-order valence-corrected chi connectivity index (χ1v) is 10.2. The predicted molar refractivity (Wildman–Crippen MR) is 110 cm³/mol. The largest absolute Gasteiger partial charge is 0.337 e. The van der Waals surface area contributed by atoms with E-state index < -0.39 is 10.0 Å². The first kappa shape index (κ1) is 19.6. The fourth-order valence-electron chi connectivity index (χ4n) is 2.97. The summed E-state index contributed by atoms with van der Waals surface area (Å²) in [5.74, 6) is 2.04. The van der Waals surface area contributed by atoms with Crippen LogP contribution in [0.5, 0.6) is 0 Å². The SMILES string of the molecule is C#CCNS(=O)(=O)c1ccc(C(=O)N(C)Cc2cccc3ccccc23)cc1. The molecule has 0 aliphatic rings. The lowest BCUT2D eigenvalue weighted by molar-refractivity contribution is 0.0785. The van der Waals surface area contributed by atoms with Gasteiger partial charge in [0, 0.05) is 19.2 Å². The number of amides is 1. The van der Waals surface area contributed by atoms with Crippen LogP contribution in [0.1, 0.15) is 15.9 Å². The van der Waals surface area contributed by atoms with Gasteiger partial charge in [0.25, 0.3) is 5.91 Å². The average Bonchev–Trinajstić information content (AvgIpc) is 2.72. The molecule has 0 saturated carbocycles. The molecule has 0 aliphatic carbocycles. The molecule has 5 nitrogen and oxygen atoms in total. The third kappa shape index (κ3) is 4.22. The summed E-state index contributed by atoms with van der Waals surface area (Å²) in [5.41, 5.74) is 1.46. The molecule has 0 bridgehead atoms. The van der Waals surface area contributed by atoms with Gasteiger partial charge < -0.3 is 4.90 Å². The van der Waals surface area contributed by atoms with Gasteiger partial charge in [0.15, 0.2) is 0 Å². The van der Waals surface area contributed by atoms with E-state index in [2.05, 4.69) is 10.6 Å². The van der Waals surface area contributed by atoms with Crippen LogP contribution in [0.4, 0.5) is 0 Å². The van der Waals surface area contributed by atoms with Crippen molar-refractivity contribution in [1.29, 1.82) is 0 Å². The number of nitrogens with zero attached hydrogens (tertiary/aromatic N) is 1. The third-order valence-electron chi connectivity index (χ3n) is 4.41. The van der Waals surface area contributed by atoms with Crippen molar-refractivity contribution in [2.75, 3.05) is 13.6 Å². The molecular weight excluding hydrogens is 372 g/mol. The summed E-state index contributed by atoms with van der Waals surface area (Å²) in [6.07, 6.45) is 5.08. The molecule has 0 aliphatic heterocycles. The van der Waals surface area contributed by atoms with E-state index in [-0.39, 0.29) is 17.3 Å². The standard InChI is InChI=1S/C22H20N2O3S/c1-3-15-23-28(26,27)20-13-11-18(12-14-20)22(25)24(2)16-19-9-6-8-17-7-4-5-10-21(17)19/h1,4-14,23H,15-16H2,2H3. The second-order valence-corrected chi connectivity index (χ2v) is 8.12. The molecule has 1 amide bonds. The van der Waals surface area contributed by atoms with Gasteiger partial charge in [-0.15, -0.1) is 6.42 Å². The van der Waals surface area contributed by atoms with E-state index in [1.54, 1.807) is 11.9 Å². The molecule has 0 saturated heterocycles. The van der Waals surface area contributed by atoms with Crippen LogP contribution in [0.15, 0.2) is 71.6 Å². The van der Waals surface area contributed by atoms with Crippen molar-refractivity contribution in [2.24, 2.45) is 0 Å².